The van der Waals surface area contributed by atoms with Crippen LogP contribution in [-0.2, 0) is 4.74 Å². The maximum Gasteiger partial charge on any atom is 0.250 e. The van der Waals surface area contributed by atoms with Crippen molar-refractivity contribution in [3.63, 3.8) is 0 Å². The van der Waals surface area contributed by atoms with Crippen LogP contribution in [0.5, 0.6) is 5.75 Å². The van der Waals surface area contributed by atoms with Gasteiger partial charge in [-0.25, -0.2) is 5.43 Å². The average molecular weight is 519 g/mol. The van der Waals surface area contributed by atoms with Crippen molar-refractivity contribution in [2.75, 3.05) is 41.9 Å². The second-order valence-corrected chi connectivity index (χ2v) is 8.31. The van der Waals surface area contributed by atoms with Crippen molar-refractivity contribution in [3.05, 3.63) is 57.0 Å². The van der Waals surface area contributed by atoms with E-state index in [1.807, 2.05) is 30.0 Å². The van der Waals surface area contributed by atoms with Gasteiger partial charge in [-0.2, -0.15) is 20.1 Å². The van der Waals surface area contributed by atoms with Crippen LogP contribution >= 0.6 is 27.5 Å². The summed E-state index contributed by atoms with van der Waals surface area (Å²) in [6.45, 7) is 4.49. The summed E-state index contributed by atoms with van der Waals surface area (Å²) in [5.74, 6) is 1.29. The van der Waals surface area contributed by atoms with Gasteiger partial charge in [0.1, 0.15) is 5.75 Å². The van der Waals surface area contributed by atoms with Gasteiger partial charge in [-0.3, -0.25) is 0 Å². The molecule has 11 heteroatoms. The van der Waals surface area contributed by atoms with Crippen LogP contribution in [-0.4, -0.2) is 52.6 Å². The summed E-state index contributed by atoms with van der Waals surface area (Å²) < 4.78 is 6.27. The Balaban J connectivity index is 1.61. The molecule has 0 atom stereocenters. The molecule has 1 aliphatic rings. The quantitative estimate of drug-likeness (QED) is 0.327. The van der Waals surface area contributed by atoms with Gasteiger partial charge < -0.3 is 20.1 Å². The standard InChI is InChI=1S/C21H21BrClN7O2/c1-13-9-16(22)18(11-17(13)23)25-19-26-20(28-21(27-19)30-5-7-32-8-6-30)29-24-12-14-3-2-4-15(31)10-14/h2-4,9-12,31H,5-8H2,1H3,(H2,25,26,27,28,29)/b24-12-. The first-order valence-electron chi connectivity index (χ1n) is 9.87. The summed E-state index contributed by atoms with van der Waals surface area (Å²) in [4.78, 5) is 15.5. The van der Waals surface area contributed by atoms with Crippen LogP contribution in [0.15, 0.2) is 46.0 Å². The summed E-state index contributed by atoms with van der Waals surface area (Å²) in [7, 11) is 0. The van der Waals surface area contributed by atoms with E-state index in [0.717, 1.165) is 21.3 Å². The second-order valence-electron chi connectivity index (χ2n) is 7.05. The van der Waals surface area contributed by atoms with E-state index in [4.69, 9.17) is 16.3 Å². The number of aromatic hydroxyl groups is 1. The van der Waals surface area contributed by atoms with E-state index >= 15 is 0 Å². The predicted molar refractivity (Wildman–Crippen MR) is 129 cm³/mol. The third kappa shape index (κ3) is 5.64. The summed E-state index contributed by atoms with van der Waals surface area (Å²) in [5, 5.41) is 17.6. The molecule has 4 rings (SSSR count). The van der Waals surface area contributed by atoms with Crippen molar-refractivity contribution >= 4 is 57.3 Å². The number of phenolic OH excluding ortho intramolecular Hbond substituents is 1. The van der Waals surface area contributed by atoms with Gasteiger partial charge in [0.2, 0.25) is 17.8 Å². The lowest BCUT2D eigenvalue weighted by Gasteiger charge is -2.27. The molecule has 0 bridgehead atoms. The van der Waals surface area contributed by atoms with Gasteiger partial charge in [0, 0.05) is 22.6 Å². The number of aryl methyl sites for hydroxylation is 1. The minimum atomic E-state index is 0.164. The molecule has 1 saturated heterocycles. The number of rotatable bonds is 6. The third-order valence-corrected chi connectivity index (χ3v) is 5.72. The number of halogens is 2. The molecule has 0 aliphatic carbocycles. The average Bonchev–Trinajstić information content (AvgIpc) is 2.78. The van der Waals surface area contributed by atoms with Crippen molar-refractivity contribution < 1.29 is 9.84 Å². The van der Waals surface area contributed by atoms with Crippen LogP contribution in [0.3, 0.4) is 0 Å². The molecule has 0 amide bonds. The maximum atomic E-state index is 9.59. The number of hydrogen-bond acceptors (Lipinski definition) is 9. The number of morpholine rings is 1. The van der Waals surface area contributed by atoms with Gasteiger partial charge >= 0.3 is 0 Å². The Hall–Kier alpha value is -2.95. The van der Waals surface area contributed by atoms with Crippen molar-refractivity contribution in [2.24, 2.45) is 5.10 Å². The molecule has 3 aromatic rings. The fourth-order valence-electron chi connectivity index (χ4n) is 3.01. The molecule has 0 unspecified atom stereocenters. The van der Waals surface area contributed by atoms with Crippen LogP contribution in [0.25, 0.3) is 0 Å². The molecule has 2 heterocycles. The van der Waals surface area contributed by atoms with Gasteiger partial charge in [-0.05, 0) is 58.2 Å². The molecule has 0 saturated carbocycles. The smallest absolute Gasteiger partial charge is 0.250 e. The number of nitrogens with one attached hydrogen (secondary N) is 2. The van der Waals surface area contributed by atoms with Gasteiger partial charge in [0.05, 0.1) is 25.1 Å². The van der Waals surface area contributed by atoms with E-state index in [1.54, 1.807) is 24.4 Å². The minimum absolute atomic E-state index is 0.164. The molecule has 0 spiro atoms. The minimum Gasteiger partial charge on any atom is -0.508 e. The zero-order valence-corrected chi connectivity index (χ0v) is 19.6. The van der Waals surface area contributed by atoms with E-state index in [0.29, 0.717) is 43.2 Å². The molecule has 1 fully saturated rings. The molecule has 0 radical (unpaired) electrons. The van der Waals surface area contributed by atoms with E-state index in [-0.39, 0.29) is 11.7 Å². The molecule has 9 nitrogen and oxygen atoms in total. The zero-order valence-electron chi connectivity index (χ0n) is 17.2. The Morgan fingerprint density at radius 1 is 1.16 bits per heavy atom. The fraction of sp³-hybridized carbons (Fsp3) is 0.238. The van der Waals surface area contributed by atoms with E-state index in [9.17, 15) is 5.11 Å². The van der Waals surface area contributed by atoms with Crippen LogP contribution in [0.4, 0.5) is 23.5 Å². The van der Waals surface area contributed by atoms with E-state index in [1.165, 1.54) is 0 Å². The highest BCUT2D eigenvalue weighted by Gasteiger charge is 2.17. The Morgan fingerprint density at radius 2 is 1.94 bits per heavy atom. The number of ether oxygens (including phenoxy) is 1. The summed E-state index contributed by atoms with van der Waals surface area (Å²) >= 11 is 9.84. The highest BCUT2D eigenvalue weighted by atomic mass is 79.9. The number of phenols is 1. The molecule has 3 N–H and O–H groups in total. The number of anilines is 4. The highest BCUT2D eigenvalue weighted by Crippen LogP contribution is 2.31. The lowest BCUT2D eigenvalue weighted by Crippen LogP contribution is -2.37. The largest absolute Gasteiger partial charge is 0.508 e. The Morgan fingerprint density at radius 3 is 2.72 bits per heavy atom. The maximum absolute atomic E-state index is 9.59. The summed E-state index contributed by atoms with van der Waals surface area (Å²) in [5.41, 5.74) is 5.26. The summed E-state index contributed by atoms with van der Waals surface area (Å²) in [6.07, 6.45) is 1.57. The zero-order chi connectivity index (χ0) is 22.5. The first-order chi connectivity index (χ1) is 15.5. The highest BCUT2D eigenvalue weighted by molar-refractivity contribution is 9.10. The molecule has 2 aromatic carbocycles. The molecular formula is C21H21BrClN7O2. The summed E-state index contributed by atoms with van der Waals surface area (Å²) in [6, 6.07) is 10.5. The van der Waals surface area contributed by atoms with Gasteiger partial charge in [-0.1, -0.05) is 23.7 Å². The normalized spacial score (nSPS) is 14.0. The van der Waals surface area contributed by atoms with Crippen LogP contribution in [0.2, 0.25) is 5.02 Å². The molecule has 1 aliphatic heterocycles. The first-order valence-corrected chi connectivity index (χ1v) is 11.0. The number of nitrogens with zero attached hydrogens (tertiary/aromatic N) is 5. The second kappa shape index (κ2) is 10.1. The van der Waals surface area contributed by atoms with Gasteiger partial charge in [-0.15, -0.1) is 0 Å². The lowest BCUT2D eigenvalue weighted by molar-refractivity contribution is 0.122. The third-order valence-electron chi connectivity index (χ3n) is 4.66. The number of aromatic nitrogens is 3. The van der Waals surface area contributed by atoms with Gasteiger partial charge in [0.25, 0.3) is 0 Å². The first kappa shape index (κ1) is 22.3. The number of hydrogen-bond donors (Lipinski definition) is 3. The van der Waals surface area contributed by atoms with Crippen LogP contribution in [0, 0.1) is 6.92 Å². The van der Waals surface area contributed by atoms with Crippen molar-refractivity contribution in [1.29, 1.82) is 0 Å². The monoisotopic (exact) mass is 517 g/mol. The fourth-order valence-corrected chi connectivity index (χ4v) is 3.73. The van der Waals surface area contributed by atoms with Gasteiger partial charge in [0.15, 0.2) is 0 Å². The lowest BCUT2D eigenvalue weighted by atomic mass is 10.2. The Labute approximate surface area is 198 Å². The number of benzene rings is 2. The van der Waals surface area contributed by atoms with E-state index in [2.05, 4.69) is 46.7 Å². The molecule has 1 aromatic heterocycles. The number of hydrazone groups is 1. The topological polar surface area (TPSA) is 108 Å². The van der Waals surface area contributed by atoms with Crippen LogP contribution in [0.1, 0.15) is 11.1 Å². The molecular weight excluding hydrogens is 498 g/mol. The molecule has 166 valence electrons. The predicted octanol–water partition coefficient (Wildman–Crippen LogP) is 4.33. The van der Waals surface area contributed by atoms with E-state index < -0.39 is 0 Å². The molecule has 32 heavy (non-hydrogen) atoms. The Bertz CT molecular complexity index is 1140. The van der Waals surface area contributed by atoms with Crippen molar-refractivity contribution in [2.45, 2.75) is 6.92 Å². The SMILES string of the molecule is Cc1cc(Br)c(Nc2nc(N/N=C\c3cccc(O)c3)nc(N3CCOCC3)n2)cc1Cl. The van der Waals surface area contributed by atoms with Crippen molar-refractivity contribution in [3.8, 4) is 5.75 Å². The van der Waals surface area contributed by atoms with Crippen molar-refractivity contribution in [1.82, 2.24) is 15.0 Å². The Kier molecular flexibility index (Phi) is 7.03. The van der Waals surface area contributed by atoms with Crippen LogP contribution < -0.4 is 15.6 Å².